The van der Waals surface area contributed by atoms with Gasteiger partial charge in [-0.2, -0.15) is 0 Å². The maximum absolute atomic E-state index is 12.4. The van der Waals surface area contributed by atoms with Crippen LogP contribution in [0.3, 0.4) is 0 Å². The van der Waals surface area contributed by atoms with Crippen molar-refractivity contribution in [1.82, 2.24) is 0 Å². The number of rotatable bonds is 2. The summed E-state index contributed by atoms with van der Waals surface area (Å²) in [7, 11) is 1.45. The van der Waals surface area contributed by atoms with Crippen LogP contribution in [-0.2, 0) is 14.3 Å². The Hall–Kier alpha value is -1.12. The smallest absolute Gasteiger partial charge is 0.313 e. The van der Waals surface area contributed by atoms with Crippen molar-refractivity contribution >= 4 is 11.8 Å². The Kier molecular flexibility index (Phi) is 3.12. The minimum atomic E-state index is -0.506. The van der Waals surface area contributed by atoms with E-state index in [-0.39, 0.29) is 23.1 Å². The lowest BCUT2D eigenvalue weighted by Gasteiger charge is -2.51. The third-order valence-corrected chi connectivity index (χ3v) is 5.18. The van der Waals surface area contributed by atoms with Gasteiger partial charge in [0.1, 0.15) is 5.78 Å². The molecule has 3 heteroatoms. The number of carbonyl (C=O) groups is 2. The zero-order valence-corrected chi connectivity index (χ0v) is 11.7. The highest BCUT2D eigenvalue weighted by molar-refractivity contribution is 5.88. The van der Waals surface area contributed by atoms with Crippen molar-refractivity contribution < 1.29 is 14.3 Å². The molecule has 0 N–H and O–H groups in total. The molecular formula is C15H22O3. The fourth-order valence-corrected chi connectivity index (χ4v) is 4.23. The summed E-state index contributed by atoms with van der Waals surface area (Å²) in [6.07, 6.45) is 4.48. The molecule has 0 aromatic carbocycles. The Morgan fingerprint density at radius 2 is 2.11 bits per heavy atom. The number of carbonyl (C=O) groups excluding carboxylic acids is 2. The maximum Gasteiger partial charge on any atom is 0.313 e. The van der Waals surface area contributed by atoms with Crippen LogP contribution in [-0.4, -0.2) is 18.9 Å². The molecule has 0 aromatic rings. The van der Waals surface area contributed by atoms with Crippen LogP contribution in [0.25, 0.3) is 0 Å². The summed E-state index contributed by atoms with van der Waals surface area (Å²) in [6, 6.07) is 0. The van der Waals surface area contributed by atoms with E-state index >= 15 is 0 Å². The largest absolute Gasteiger partial charge is 0.469 e. The Labute approximate surface area is 109 Å². The molecule has 2 atom stereocenters. The summed E-state index contributed by atoms with van der Waals surface area (Å²) in [6.45, 7) is 6.28. The normalized spacial score (nSPS) is 35.4. The molecular weight excluding hydrogens is 228 g/mol. The number of hydrogen-bond donors (Lipinski definition) is 0. The van der Waals surface area contributed by atoms with Gasteiger partial charge < -0.3 is 4.74 Å². The monoisotopic (exact) mass is 250 g/mol. The quantitative estimate of drug-likeness (QED) is 0.559. The van der Waals surface area contributed by atoms with Crippen molar-refractivity contribution in [1.29, 1.82) is 0 Å². The lowest BCUT2D eigenvalue weighted by molar-refractivity contribution is -0.167. The number of esters is 1. The van der Waals surface area contributed by atoms with Crippen molar-refractivity contribution in [2.24, 2.45) is 16.7 Å². The SMILES string of the molecule is COC(=O)[C@]12CC=C(C)[C@@]1(C(C)C)CC(=O)CC2. The fraction of sp³-hybridized carbons (Fsp3) is 0.733. The molecule has 1 saturated carbocycles. The molecule has 0 saturated heterocycles. The van der Waals surface area contributed by atoms with Gasteiger partial charge in [-0.1, -0.05) is 25.5 Å². The molecule has 0 aliphatic heterocycles. The van der Waals surface area contributed by atoms with E-state index in [1.165, 1.54) is 12.7 Å². The zero-order chi connectivity index (χ0) is 13.6. The van der Waals surface area contributed by atoms with E-state index in [4.69, 9.17) is 4.74 Å². The second-order valence-corrected chi connectivity index (χ2v) is 6.01. The van der Waals surface area contributed by atoms with Crippen LogP contribution in [0.4, 0.5) is 0 Å². The number of methoxy groups -OCH3 is 1. The van der Waals surface area contributed by atoms with Gasteiger partial charge in [0.15, 0.2) is 0 Å². The summed E-state index contributed by atoms with van der Waals surface area (Å²) in [5.41, 5.74) is 0.361. The van der Waals surface area contributed by atoms with Gasteiger partial charge in [0.25, 0.3) is 0 Å². The first-order valence-corrected chi connectivity index (χ1v) is 6.68. The average molecular weight is 250 g/mol. The standard InChI is InChI=1S/C15H22O3/c1-10(2)15-9-12(16)6-8-14(15,13(17)18-4)7-5-11(15)3/h5,10H,6-9H2,1-4H3/t14-,15+/m1/s1. The van der Waals surface area contributed by atoms with E-state index in [2.05, 4.69) is 26.8 Å². The molecule has 100 valence electrons. The molecule has 2 rings (SSSR count). The molecule has 3 nitrogen and oxygen atoms in total. The van der Waals surface area contributed by atoms with Crippen molar-refractivity contribution in [3.63, 3.8) is 0 Å². The van der Waals surface area contributed by atoms with E-state index in [1.807, 2.05) is 0 Å². The average Bonchev–Trinajstić information content (AvgIpc) is 2.64. The summed E-state index contributed by atoms with van der Waals surface area (Å²) >= 11 is 0. The zero-order valence-electron chi connectivity index (χ0n) is 11.7. The Morgan fingerprint density at radius 1 is 1.44 bits per heavy atom. The predicted octanol–water partition coefficient (Wildman–Crippen LogP) is 2.89. The number of Topliss-reactive ketones (excluding diaryl/α,β-unsaturated/α-hetero) is 1. The molecule has 0 unspecified atom stereocenters. The van der Waals surface area contributed by atoms with Crippen molar-refractivity contribution in [3.05, 3.63) is 11.6 Å². The van der Waals surface area contributed by atoms with E-state index in [0.29, 0.717) is 19.3 Å². The number of allylic oxidation sites excluding steroid dienone is 2. The van der Waals surface area contributed by atoms with Gasteiger partial charge in [-0.05, 0) is 25.7 Å². The maximum atomic E-state index is 12.4. The predicted molar refractivity (Wildman–Crippen MR) is 69.0 cm³/mol. The molecule has 0 bridgehead atoms. The molecule has 0 amide bonds. The van der Waals surface area contributed by atoms with Crippen LogP contribution < -0.4 is 0 Å². The van der Waals surface area contributed by atoms with Gasteiger partial charge in [0, 0.05) is 18.3 Å². The summed E-state index contributed by atoms with van der Waals surface area (Å²) in [5, 5.41) is 0. The lowest BCUT2D eigenvalue weighted by Crippen LogP contribution is -2.53. The van der Waals surface area contributed by atoms with Crippen molar-refractivity contribution in [2.45, 2.75) is 46.5 Å². The third-order valence-electron chi connectivity index (χ3n) is 5.18. The molecule has 0 aromatic heterocycles. The Balaban J connectivity index is 2.57. The van der Waals surface area contributed by atoms with Gasteiger partial charge >= 0.3 is 5.97 Å². The molecule has 2 aliphatic rings. The fourth-order valence-electron chi connectivity index (χ4n) is 4.23. The molecule has 2 aliphatic carbocycles. The first-order valence-electron chi connectivity index (χ1n) is 6.68. The van der Waals surface area contributed by atoms with Crippen LogP contribution in [0.15, 0.2) is 11.6 Å². The Bertz CT molecular complexity index is 421. The van der Waals surface area contributed by atoms with E-state index in [1.54, 1.807) is 0 Å². The van der Waals surface area contributed by atoms with Gasteiger partial charge in [-0.15, -0.1) is 0 Å². The van der Waals surface area contributed by atoms with Gasteiger partial charge in [0.05, 0.1) is 12.5 Å². The molecule has 18 heavy (non-hydrogen) atoms. The number of ketones is 1. The van der Waals surface area contributed by atoms with Crippen molar-refractivity contribution in [2.75, 3.05) is 7.11 Å². The third kappa shape index (κ3) is 1.42. The van der Waals surface area contributed by atoms with Crippen LogP contribution in [0.1, 0.15) is 46.5 Å². The van der Waals surface area contributed by atoms with Crippen LogP contribution >= 0.6 is 0 Å². The summed E-state index contributed by atoms with van der Waals surface area (Å²) < 4.78 is 5.07. The van der Waals surface area contributed by atoms with Crippen LogP contribution in [0.2, 0.25) is 0 Å². The van der Waals surface area contributed by atoms with Crippen molar-refractivity contribution in [3.8, 4) is 0 Å². The molecule has 0 radical (unpaired) electrons. The topological polar surface area (TPSA) is 43.4 Å². The van der Waals surface area contributed by atoms with Gasteiger partial charge in [0.2, 0.25) is 0 Å². The molecule has 1 fully saturated rings. The van der Waals surface area contributed by atoms with Gasteiger partial charge in [-0.3, -0.25) is 9.59 Å². The first-order chi connectivity index (χ1) is 8.40. The first kappa shape index (κ1) is 13.3. The highest BCUT2D eigenvalue weighted by Crippen LogP contribution is 2.64. The highest BCUT2D eigenvalue weighted by atomic mass is 16.5. The second-order valence-electron chi connectivity index (χ2n) is 6.01. The lowest BCUT2D eigenvalue weighted by atomic mass is 9.51. The Morgan fingerprint density at radius 3 is 2.67 bits per heavy atom. The highest BCUT2D eigenvalue weighted by Gasteiger charge is 2.63. The summed E-state index contributed by atoms with van der Waals surface area (Å²) in [5.74, 6) is 0.397. The number of hydrogen-bond acceptors (Lipinski definition) is 3. The van der Waals surface area contributed by atoms with E-state index in [0.717, 1.165) is 6.42 Å². The molecule has 0 heterocycles. The minimum Gasteiger partial charge on any atom is -0.469 e. The number of fused-ring (bicyclic) bond motifs is 1. The van der Waals surface area contributed by atoms with Crippen LogP contribution in [0, 0.1) is 16.7 Å². The van der Waals surface area contributed by atoms with Gasteiger partial charge in [-0.25, -0.2) is 0 Å². The minimum absolute atomic E-state index is 0.142. The van der Waals surface area contributed by atoms with Crippen LogP contribution in [0.5, 0.6) is 0 Å². The molecule has 0 spiro atoms. The van der Waals surface area contributed by atoms with E-state index in [9.17, 15) is 9.59 Å². The summed E-state index contributed by atoms with van der Waals surface area (Å²) in [4.78, 5) is 24.3. The number of ether oxygens (including phenoxy) is 1. The second kappa shape index (κ2) is 4.22. The van der Waals surface area contributed by atoms with E-state index < -0.39 is 5.41 Å².